The first-order valence-corrected chi connectivity index (χ1v) is 7.57. The lowest BCUT2D eigenvalue weighted by Gasteiger charge is -2.09. The predicted octanol–water partition coefficient (Wildman–Crippen LogP) is 1.24. The van der Waals surface area contributed by atoms with E-state index in [0.717, 1.165) is 4.47 Å². The molecule has 0 aliphatic carbocycles. The number of rotatable bonds is 6. The highest BCUT2D eigenvalue weighted by Crippen LogP contribution is 2.21. The number of carboxylic acid groups (broad SMARTS) is 1. The minimum absolute atomic E-state index is 0.133. The Morgan fingerprint density at radius 2 is 2.11 bits per heavy atom. The van der Waals surface area contributed by atoms with Crippen molar-refractivity contribution in [2.24, 2.45) is 5.14 Å². The number of nitrogens with one attached hydrogen (secondary N) is 1. The number of hydrogen-bond donors (Lipinski definition) is 3. The molecule has 0 spiro atoms. The van der Waals surface area contributed by atoms with Gasteiger partial charge in [-0.3, -0.25) is 0 Å². The van der Waals surface area contributed by atoms with Crippen molar-refractivity contribution < 1.29 is 18.3 Å². The third kappa shape index (κ3) is 5.03. The summed E-state index contributed by atoms with van der Waals surface area (Å²) in [5.74, 6) is -1.19. The second kappa shape index (κ2) is 6.17. The van der Waals surface area contributed by atoms with Gasteiger partial charge < -0.3 is 10.4 Å². The maximum absolute atomic E-state index is 11.0. The van der Waals surface area contributed by atoms with Gasteiger partial charge in [0.05, 0.1) is 11.3 Å². The summed E-state index contributed by atoms with van der Waals surface area (Å²) in [6, 6.07) is 4.72. The maximum Gasteiger partial charge on any atom is 0.337 e. The molecule has 0 aliphatic rings. The Hall–Kier alpha value is -1.12. The van der Waals surface area contributed by atoms with E-state index in [0.29, 0.717) is 18.7 Å². The summed E-state index contributed by atoms with van der Waals surface area (Å²) in [6.07, 6.45) is 0.310. The lowest BCUT2D eigenvalue weighted by molar-refractivity contribution is 0.0698. The van der Waals surface area contributed by atoms with Gasteiger partial charge in [-0.1, -0.05) is 15.9 Å². The normalized spacial score (nSPS) is 11.2. The van der Waals surface area contributed by atoms with Gasteiger partial charge in [-0.15, -0.1) is 0 Å². The van der Waals surface area contributed by atoms with E-state index < -0.39 is 16.0 Å². The molecule has 1 aromatic rings. The zero-order chi connectivity index (χ0) is 13.8. The van der Waals surface area contributed by atoms with Crippen molar-refractivity contribution in [1.29, 1.82) is 0 Å². The number of halogens is 1. The molecule has 4 N–H and O–H groups in total. The Morgan fingerprint density at radius 1 is 1.44 bits per heavy atom. The molecule has 8 heteroatoms. The molecule has 0 aromatic heterocycles. The van der Waals surface area contributed by atoms with Crippen LogP contribution < -0.4 is 10.5 Å². The van der Waals surface area contributed by atoms with E-state index in [1.165, 1.54) is 6.07 Å². The molecule has 0 bridgehead atoms. The molecule has 0 heterocycles. The molecular weight excluding hydrogens is 324 g/mol. The highest BCUT2D eigenvalue weighted by molar-refractivity contribution is 9.10. The molecule has 18 heavy (non-hydrogen) atoms. The standard InChI is InChI=1S/C10H13BrN2O4S/c11-7-2-3-8(10(14)15)9(6-7)13-4-1-5-18(12,16)17/h2-3,6,13H,1,4-5H2,(H,14,15)(H2,12,16,17). The average Bonchev–Trinajstić information content (AvgIpc) is 2.22. The lowest BCUT2D eigenvalue weighted by Crippen LogP contribution is -2.19. The highest BCUT2D eigenvalue weighted by atomic mass is 79.9. The van der Waals surface area contributed by atoms with Crippen molar-refractivity contribution in [2.75, 3.05) is 17.6 Å². The molecule has 0 saturated carbocycles. The minimum Gasteiger partial charge on any atom is -0.478 e. The number of carbonyl (C=O) groups is 1. The van der Waals surface area contributed by atoms with Crippen molar-refractivity contribution in [3.05, 3.63) is 28.2 Å². The molecule has 0 atom stereocenters. The van der Waals surface area contributed by atoms with Crippen LogP contribution in [0.5, 0.6) is 0 Å². The fraction of sp³-hybridized carbons (Fsp3) is 0.300. The van der Waals surface area contributed by atoms with Gasteiger partial charge >= 0.3 is 5.97 Å². The topological polar surface area (TPSA) is 109 Å². The van der Waals surface area contributed by atoms with Crippen LogP contribution in [-0.2, 0) is 10.0 Å². The van der Waals surface area contributed by atoms with Gasteiger partial charge in [0.15, 0.2) is 0 Å². The number of nitrogens with two attached hydrogens (primary N) is 1. The molecule has 1 rings (SSSR count). The van der Waals surface area contributed by atoms with Crippen LogP contribution in [0.25, 0.3) is 0 Å². The van der Waals surface area contributed by atoms with Crippen molar-refractivity contribution in [3.63, 3.8) is 0 Å². The number of hydrogen-bond acceptors (Lipinski definition) is 4. The van der Waals surface area contributed by atoms with E-state index in [2.05, 4.69) is 21.2 Å². The van der Waals surface area contributed by atoms with Crippen LogP contribution in [0.15, 0.2) is 22.7 Å². The zero-order valence-corrected chi connectivity index (χ0v) is 11.8. The van der Waals surface area contributed by atoms with E-state index in [1.54, 1.807) is 12.1 Å². The van der Waals surface area contributed by atoms with E-state index in [1.807, 2.05) is 0 Å². The summed E-state index contributed by atoms with van der Waals surface area (Å²) in [7, 11) is -3.48. The Kier molecular flexibility index (Phi) is 5.12. The Bertz CT molecular complexity index is 545. The summed E-state index contributed by atoms with van der Waals surface area (Å²) < 4.78 is 22.2. The second-order valence-electron chi connectivity index (χ2n) is 3.64. The maximum atomic E-state index is 11.0. The first kappa shape index (κ1) is 14.9. The van der Waals surface area contributed by atoms with E-state index in [9.17, 15) is 13.2 Å². The quantitative estimate of drug-likeness (QED) is 0.677. The van der Waals surface area contributed by atoms with Crippen LogP contribution in [0.4, 0.5) is 5.69 Å². The molecule has 0 aliphatic heterocycles. The summed E-state index contributed by atoms with van der Waals surface area (Å²) in [5, 5.41) is 16.7. The lowest BCUT2D eigenvalue weighted by atomic mass is 10.2. The van der Waals surface area contributed by atoms with E-state index in [-0.39, 0.29) is 11.3 Å². The third-order valence-electron chi connectivity index (χ3n) is 2.13. The van der Waals surface area contributed by atoms with Crippen LogP contribution in [0.3, 0.4) is 0 Å². The Labute approximate surface area is 113 Å². The van der Waals surface area contributed by atoms with Gasteiger partial charge in [-0.05, 0) is 24.6 Å². The Morgan fingerprint density at radius 3 is 2.67 bits per heavy atom. The third-order valence-corrected chi connectivity index (χ3v) is 3.48. The fourth-order valence-electron chi connectivity index (χ4n) is 1.35. The number of benzene rings is 1. The summed E-state index contributed by atoms with van der Waals surface area (Å²) in [5.41, 5.74) is 0.570. The smallest absolute Gasteiger partial charge is 0.337 e. The first-order valence-electron chi connectivity index (χ1n) is 5.07. The van der Waals surface area contributed by atoms with Crippen LogP contribution in [0.2, 0.25) is 0 Å². The fourth-order valence-corrected chi connectivity index (χ4v) is 2.25. The summed E-state index contributed by atoms with van der Waals surface area (Å²) >= 11 is 3.24. The molecule has 0 unspecified atom stereocenters. The number of carboxylic acids is 1. The summed E-state index contributed by atoms with van der Waals surface area (Å²) in [4.78, 5) is 11.0. The van der Waals surface area contributed by atoms with Crippen LogP contribution in [0, 0.1) is 0 Å². The van der Waals surface area contributed by atoms with Crippen molar-refractivity contribution in [3.8, 4) is 0 Å². The number of primary sulfonamides is 1. The molecule has 0 saturated heterocycles. The Balaban J connectivity index is 2.66. The zero-order valence-electron chi connectivity index (χ0n) is 9.39. The number of aromatic carboxylic acids is 1. The van der Waals surface area contributed by atoms with Gasteiger partial charge in [-0.25, -0.2) is 18.4 Å². The number of anilines is 1. The molecule has 6 nitrogen and oxygen atoms in total. The van der Waals surface area contributed by atoms with Crippen molar-refractivity contribution in [2.45, 2.75) is 6.42 Å². The molecule has 0 amide bonds. The second-order valence-corrected chi connectivity index (χ2v) is 6.29. The van der Waals surface area contributed by atoms with Crippen LogP contribution in [-0.4, -0.2) is 31.8 Å². The SMILES string of the molecule is NS(=O)(=O)CCCNc1cc(Br)ccc1C(=O)O. The molecule has 0 fully saturated rings. The van der Waals surface area contributed by atoms with Crippen molar-refractivity contribution >= 4 is 37.6 Å². The van der Waals surface area contributed by atoms with Crippen LogP contribution in [0.1, 0.15) is 16.8 Å². The largest absolute Gasteiger partial charge is 0.478 e. The van der Waals surface area contributed by atoms with E-state index >= 15 is 0 Å². The first-order chi connectivity index (χ1) is 8.29. The van der Waals surface area contributed by atoms with Crippen LogP contribution >= 0.6 is 15.9 Å². The van der Waals surface area contributed by atoms with Crippen molar-refractivity contribution in [1.82, 2.24) is 0 Å². The van der Waals surface area contributed by atoms with Gasteiger partial charge in [-0.2, -0.15) is 0 Å². The average molecular weight is 337 g/mol. The highest BCUT2D eigenvalue weighted by Gasteiger charge is 2.10. The monoisotopic (exact) mass is 336 g/mol. The predicted molar refractivity (Wildman–Crippen MR) is 72.2 cm³/mol. The molecule has 1 aromatic carbocycles. The molecule has 0 radical (unpaired) electrons. The van der Waals surface area contributed by atoms with Gasteiger partial charge in [0, 0.05) is 16.7 Å². The van der Waals surface area contributed by atoms with E-state index in [4.69, 9.17) is 10.2 Å². The minimum atomic E-state index is -3.48. The van der Waals surface area contributed by atoms with Gasteiger partial charge in [0.25, 0.3) is 0 Å². The molecule has 100 valence electrons. The number of sulfonamides is 1. The molecular formula is C10H13BrN2O4S. The van der Waals surface area contributed by atoms with Gasteiger partial charge in [0.1, 0.15) is 0 Å². The van der Waals surface area contributed by atoms with Gasteiger partial charge in [0.2, 0.25) is 10.0 Å². The summed E-state index contributed by atoms with van der Waals surface area (Å²) in [6.45, 7) is 0.327.